The Morgan fingerprint density at radius 2 is 2.33 bits per heavy atom. The van der Waals surface area contributed by atoms with Crippen molar-refractivity contribution in [1.29, 1.82) is 0 Å². The normalized spacial score (nSPS) is 13.2. The number of nitrogens with two attached hydrogens (primary N) is 1. The van der Waals surface area contributed by atoms with Gasteiger partial charge in [-0.1, -0.05) is 6.92 Å². The Balaban J connectivity index is 3.64. The molecule has 0 saturated carbocycles. The molecule has 1 atom stereocenters. The number of nitrogens with one attached hydrogen (secondary N) is 1. The number of carbonyl (C=O) groups is 1. The second kappa shape index (κ2) is 4.47. The summed E-state index contributed by atoms with van der Waals surface area (Å²) >= 11 is 0. The van der Waals surface area contributed by atoms with Crippen molar-refractivity contribution in [3.63, 3.8) is 0 Å². The zero-order chi connectivity index (χ0) is 7.28. The number of Topliss-reactive ketones (excluding diaryl/α,β-unsaturated/α-hetero) is 1. The summed E-state index contributed by atoms with van der Waals surface area (Å²) in [6.07, 6.45) is 0.558. The Morgan fingerprint density at radius 1 is 1.78 bits per heavy atom. The Labute approximate surface area is 55.6 Å². The van der Waals surface area contributed by atoms with Gasteiger partial charge in [0.15, 0.2) is 5.78 Å². The molecule has 1 unspecified atom stereocenters. The number of carbonyl (C=O) groups excluding carboxylic acids is 1. The minimum atomic E-state index is -0.144. The summed E-state index contributed by atoms with van der Waals surface area (Å²) in [5.41, 5.74) is 5.28. The van der Waals surface area contributed by atoms with Crippen LogP contribution < -0.4 is 11.1 Å². The van der Waals surface area contributed by atoms with Gasteiger partial charge in [-0.2, -0.15) is 0 Å². The first-order valence-electron chi connectivity index (χ1n) is 3.16. The molecule has 0 amide bonds. The Bertz CT molecular complexity index is 89.1. The molecule has 0 bridgehead atoms. The zero-order valence-electron chi connectivity index (χ0n) is 5.98. The number of ketones is 1. The van der Waals surface area contributed by atoms with Crippen LogP contribution in [0, 0.1) is 0 Å². The summed E-state index contributed by atoms with van der Waals surface area (Å²) in [7, 11) is 1.74. The second-order valence-corrected chi connectivity index (χ2v) is 1.90. The fraction of sp³-hybridized carbons (Fsp3) is 0.833. The first-order chi connectivity index (χ1) is 4.26. The van der Waals surface area contributed by atoms with E-state index >= 15 is 0 Å². The summed E-state index contributed by atoms with van der Waals surface area (Å²) in [6.45, 7) is 2.23. The zero-order valence-corrected chi connectivity index (χ0v) is 5.98. The third-order valence-corrected chi connectivity index (χ3v) is 1.32. The Hall–Kier alpha value is -0.410. The predicted octanol–water partition coefficient (Wildman–Crippen LogP) is -0.488. The Kier molecular flexibility index (Phi) is 4.26. The molecule has 0 aromatic rings. The van der Waals surface area contributed by atoms with Crippen LogP contribution in [0.5, 0.6) is 0 Å². The summed E-state index contributed by atoms with van der Waals surface area (Å²) < 4.78 is 0. The van der Waals surface area contributed by atoms with Gasteiger partial charge in [-0.25, -0.2) is 0 Å². The molecule has 0 aliphatic carbocycles. The van der Waals surface area contributed by atoms with Gasteiger partial charge in [0.2, 0.25) is 0 Å². The Morgan fingerprint density at radius 3 is 2.44 bits per heavy atom. The summed E-state index contributed by atoms with van der Waals surface area (Å²) in [6, 6.07) is -0.144. The molecular weight excluding hydrogens is 116 g/mol. The van der Waals surface area contributed by atoms with E-state index in [2.05, 4.69) is 5.32 Å². The lowest BCUT2D eigenvalue weighted by Crippen LogP contribution is -2.40. The highest BCUT2D eigenvalue weighted by Gasteiger charge is 2.10. The molecule has 0 heterocycles. The SMILES string of the molecule is CCC(=O)C(CN)NC. The largest absolute Gasteiger partial charge is 0.328 e. The molecule has 3 heteroatoms. The van der Waals surface area contributed by atoms with Crippen molar-refractivity contribution < 1.29 is 4.79 Å². The molecule has 9 heavy (non-hydrogen) atoms. The quantitative estimate of drug-likeness (QED) is 0.540. The maximum Gasteiger partial charge on any atom is 0.150 e. The van der Waals surface area contributed by atoms with Crippen LogP contribution >= 0.6 is 0 Å². The number of rotatable bonds is 4. The van der Waals surface area contributed by atoms with Gasteiger partial charge in [0.25, 0.3) is 0 Å². The highest BCUT2D eigenvalue weighted by Crippen LogP contribution is 1.86. The van der Waals surface area contributed by atoms with E-state index in [9.17, 15) is 4.79 Å². The first-order valence-corrected chi connectivity index (χ1v) is 3.16. The summed E-state index contributed by atoms with van der Waals surface area (Å²) in [5.74, 6) is 0.181. The fourth-order valence-electron chi connectivity index (χ4n) is 0.657. The highest BCUT2D eigenvalue weighted by atomic mass is 16.1. The molecule has 3 nitrogen and oxygen atoms in total. The lowest BCUT2D eigenvalue weighted by atomic mass is 10.1. The van der Waals surface area contributed by atoms with Crippen molar-refractivity contribution in [2.24, 2.45) is 5.73 Å². The van der Waals surface area contributed by atoms with Gasteiger partial charge in [0.05, 0.1) is 6.04 Å². The number of likely N-dealkylation sites (N-methyl/N-ethyl adjacent to an activating group) is 1. The maximum atomic E-state index is 10.8. The van der Waals surface area contributed by atoms with Gasteiger partial charge < -0.3 is 11.1 Å². The van der Waals surface area contributed by atoms with Gasteiger partial charge in [0.1, 0.15) is 0 Å². The van der Waals surface area contributed by atoms with Crippen LogP contribution in [0.15, 0.2) is 0 Å². The van der Waals surface area contributed by atoms with E-state index in [1.807, 2.05) is 6.92 Å². The van der Waals surface area contributed by atoms with Crippen LogP contribution in [0.2, 0.25) is 0 Å². The van der Waals surface area contributed by atoms with Crippen LogP contribution in [0.1, 0.15) is 13.3 Å². The third kappa shape index (κ3) is 2.58. The molecule has 0 aromatic carbocycles. The lowest BCUT2D eigenvalue weighted by molar-refractivity contribution is -0.120. The highest BCUT2D eigenvalue weighted by molar-refractivity contribution is 5.83. The lowest BCUT2D eigenvalue weighted by Gasteiger charge is -2.09. The average Bonchev–Trinajstić information content (AvgIpc) is 1.90. The van der Waals surface area contributed by atoms with E-state index in [4.69, 9.17) is 5.73 Å². The molecule has 0 spiro atoms. The van der Waals surface area contributed by atoms with Crippen LogP contribution in [-0.4, -0.2) is 25.4 Å². The molecular formula is C6H14N2O. The van der Waals surface area contributed by atoms with Crippen molar-refractivity contribution in [3.8, 4) is 0 Å². The third-order valence-electron chi connectivity index (χ3n) is 1.32. The molecule has 0 saturated heterocycles. The number of hydrogen-bond acceptors (Lipinski definition) is 3. The van der Waals surface area contributed by atoms with Crippen LogP contribution in [0.25, 0.3) is 0 Å². The molecule has 0 rings (SSSR count). The van der Waals surface area contributed by atoms with Gasteiger partial charge in [-0.3, -0.25) is 4.79 Å². The van der Waals surface area contributed by atoms with Gasteiger partial charge in [0, 0.05) is 13.0 Å². The minimum Gasteiger partial charge on any atom is -0.328 e. The molecule has 54 valence electrons. The van der Waals surface area contributed by atoms with Crippen LogP contribution in [0.3, 0.4) is 0 Å². The minimum absolute atomic E-state index is 0.144. The van der Waals surface area contributed by atoms with Crippen molar-refractivity contribution >= 4 is 5.78 Å². The van der Waals surface area contributed by atoms with Gasteiger partial charge >= 0.3 is 0 Å². The molecule has 0 aliphatic heterocycles. The molecule has 0 radical (unpaired) electrons. The maximum absolute atomic E-state index is 10.8. The van der Waals surface area contributed by atoms with E-state index in [1.165, 1.54) is 0 Å². The first kappa shape index (κ1) is 8.59. The molecule has 0 aliphatic rings. The molecule has 3 N–H and O–H groups in total. The molecule has 0 fully saturated rings. The van der Waals surface area contributed by atoms with Crippen LogP contribution in [0.4, 0.5) is 0 Å². The van der Waals surface area contributed by atoms with Crippen LogP contribution in [-0.2, 0) is 4.79 Å². The molecule has 0 aromatic heterocycles. The second-order valence-electron chi connectivity index (χ2n) is 1.90. The average molecular weight is 130 g/mol. The van der Waals surface area contributed by atoms with Crippen molar-refractivity contribution in [3.05, 3.63) is 0 Å². The van der Waals surface area contributed by atoms with E-state index in [-0.39, 0.29) is 11.8 Å². The summed E-state index contributed by atoms with van der Waals surface area (Å²) in [5, 5.41) is 2.83. The topological polar surface area (TPSA) is 55.1 Å². The van der Waals surface area contributed by atoms with E-state index < -0.39 is 0 Å². The number of hydrogen-bond donors (Lipinski definition) is 2. The van der Waals surface area contributed by atoms with Gasteiger partial charge in [-0.15, -0.1) is 0 Å². The fourth-order valence-corrected chi connectivity index (χ4v) is 0.657. The van der Waals surface area contributed by atoms with E-state index in [0.29, 0.717) is 13.0 Å². The van der Waals surface area contributed by atoms with E-state index in [1.54, 1.807) is 7.05 Å². The summed E-state index contributed by atoms with van der Waals surface area (Å²) in [4.78, 5) is 10.8. The van der Waals surface area contributed by atoms with Gasteiger partial charge in [-0.05, 0) is 7.05 Å². The van der Waals surface area contributed by atoms with Crippen molar-refractivity contribution in [1.82, 2.24) is 5.32 Å². The smallest absolute Gasteiger partial charge is 0.150 e. The standard InChI is InChI=1S/C6H14N2O/c1-3-6(9)5(4-7)8-2/h5,8H,3-4,7H2,1-2H3. The predicted molar refractivity (Wildman–Crippen MR) is 37.2 cm³/mol. The van der Waals surface area contributed by atoms with Crippen molar-refractivity contribution in [2.45, 2.75) is 19.4 Å². The monoisotopic (exact) mass is 130 g/mol. The van der Waals surface area contributed by atoms with Crippen molar-refractivity contribution in [2.75, 3.05) is 13.6 Å². The van der Waals surface area contributed by atoms with E-state index in [0.717, 1.165) is 0 Å².